The molecule has 1 aliphatic carbocycles. The van der Waals surface area contributed by atoms with Crippen molar-refractivity contribution in [3.8, 4) is 0 Å². The molecule has 1 N–H and O–H groups in total. The van der Waals surface area contributed by atoms with Gasteiger partial charge < -0.3 is 10.1 Å². The molecule has 2 fully saturated rings. The highest BCUT2D eigenvalue weighted by atomic mass is 16.5. The van der Waals surface area contributed by atoms with Gasteiger partial charge in [0.15, 0.2) is 0 Å². The van der Waals surface area contributed by atoms with Gasteiger partial charge in [-0.15, -0.1) is 0 Å². The van der Waals surface area contributed by atoms with Crippen LogP contribution in [0, 0.1) is 5.92 Å². The van der Waals surface area contributed by atoms with Gasteiger partial charge in [-0.1, -0.05) is 0 Å². The molecule has 2 nitrogen and oxygen atoms in total. The molecule has 0 aromatic rings. The van der Waals surface area contributed by atoms with E-state index in [9.17, 15) is 0 Å². The highest BCUT2D eigenvalue weighted by Crippen LogP contribution is 2.38. The van der Waals surface area contributed by atoms with Gasteiger partial charge >= 0.3 is 0 Å². The third-order valence-electron chi connectivity index (χ3n) is 3.42. The van der Waals surface area contributed by atoms with Crippen LogP contribution < -0.4 is 5.32 Å². The van der Waals surface area contributed by atoms with Gasteiger partial charge in [-0.25, -0.2) is 0 Å². The fraction of sp³-hybridized carbons (Fsp3) is 1.00. The largest absolute Gasteiger partial charge is 0.368 e. The van der Waals surface area contributed by atoms with Crippen molar-refractivity contribution >= 4 is 0 Å². The normalized spacial score (nSPS) is 34.7. The molecule has 0 aromatic carbocycles. The van der Waals surface area contributed by atoms with Crippen LogP contribution in [0.4, 0.5) is 0 Å². The minimum atomic E-state index is -0.00160. The highest BCUT2D eigenvalue weighted by molar-refractivity contribution is 4.99. The molecular formula is C12H23NO. The molecule has 0 spiro atoms. The van der Waals surface area contributed by atoms with Gasteiger partial charge in [0, 0.05) is 6.04 Å². The predicted molar refractivity (Wildman–Crippen MR) is 58.4 cm³/mol. The van der Waals surface area contributed by atoms with E-state index in [0.29, 0.717) is 6.04 Å². The summed E-state index contributed by atoms with van der Waals surface area (Å²) in [4.78, 5) is 0. The van der Waals surface area contributed by atoms with Crippen molar-refractivity contribution in [2.24, 2.45) is 5.92 Å². The molecule has 82 valence electrons. The second-order valence-corrected chi connectivity index (χ2v) is 6.07. The highest BCUT2D eigenvalue weighted by Gasteiger charge is 2.45. The second-order valence-electron chi connectivity index (χ2n) is 6.07. The van der Waals surface area contributed by atoms with Crippen LogP contribution in [0.25, 0.3) is 0 Å². The van der Waals surface area contributed by atoms with Crippen LogP contribution in [0.1, 0.15) is 47.0 Å². The van der Waals surface area contributed by atoms with Gasteiger partial charge in [0.1, 0.15) is 0 Å². The van der Waals surface area contributed by atoms with Crippen LogP contribution in [-0.4, -0.2) is 23.8 Å². The average Bonchev–Trinajstić information content (AvgIpc) is 2.74. The summed E-state index contributed by atoms with van der Waals surface area (Å²) in [6.07, 6.45) is 3.97. The van der Waals surface area contributed by atoms with E-state index < -0.39 is 0 Å². The number of ether oxygens (including phenoxy) is 1. The number of hydrogen-bond donors (Lipinski definition) is 1. The van der Waals surface area contributed by atoms with Crippen molar-refractivity contribution in [3.63, 3.8) is 0 Å². The van der Waals surface area contributed by atoms with E-state index in [1.807, 2.05) is 0 Å². The van der Waals surface area contributed by atoms with Gasteiger partial charge in [0.2, 0.25) is 0 Å². The van der Waals surface area contributed by atoms with Crippen molar-refractivity contribution in [1.82, 2.24) is 5.32 Å². The van der Waals surface area contributed by atoms with Gasteiger partial charge in [-0.05, 0) is 59.4 Å². The molecule has 0 radical (unpaired) electrons. The topological polar surface area (TPSA) is 21.3 Å². The van der Waals surface area contributed by atoms with E-state index in [1.165, 1.54) is 19.4 Å². The number of rotatable bonds is 3. The first kappa shape index (κ1) is 10.4. The van der Waals surface area contributed by atoms with Crippen molar-refractivity contribution in [2.75, 3.05) is 6.54 Å². The molecule has 1 atom stereocenters. The summed E-state index contributed by atoms with van der Waals surface area (Å²) in [5.74, 6) is 0.953. The monoisotopic (exact) mass is 197 g/mol. The molecule has 0 amide bonds. The van der Waals surface area contributed by atoms with Crippen LogP contribution in [0.15, 0.2) is 0 Å². The summed E-state index contributed by atoms with van der Waals surface area (Å²) in [5.41, 5.74) is 0.0447. The van der Waals surface area contributed by atoms with E-state index in [2.05, 4.69) is 33.0 Å². The van der Waals surface area contributed by atoms with E-state index in [1.54, 1.807) is 0 Å². The fourth-order valence-electron chi connectivity index (χ4n) is 2.51. The Balaban J connectivity index is 1.89. The lowest BCUT2D eigenvalue weighted by Gasteiger charge is -2.27. The summed E-state index contributed by atoms with van der Waals surface area (Å²) >= 11 is 0. The van der Waals surface area contributed by atoms with Crippen LogP contribution in [0.5, 0.6) is 0 Å². The molecule has 2 aliphatic rings. The predicted octanol–water partition coefficient (Wildman–Crippen LogP) is 2.33. The Morgan fingerprint density at radius 2 is 1.86 bits per heavy atom. The molecule has 0 unspecified atom stereocenters. The molecule has 1 saturated heterocycles. The van der Waals surface area contributed by atoms with Crippen molar-refractivity contribution in [1.29, 1.82) is 0 Å². The lowest BCUT2D eigenvalue weighted by atomic mass is 9.94. The summed E-state index contributed by atoms with van der Waals surface area (Å²) in [6, 6.07) is 0.526. The summed E-state index contributed by atoms with van der Waals surface area (Å²) < 4.78 is 6.04. The van der Waals surface area contributed by atoms with Gasteiger partial charge in [-0.3, -0.25) is 0 Å². The third-order valence-corrected chi connectivity index (χ3v) is 3.42. The minimum absolute atomic E-state index is 0.00160. The molecule has 14 heavy (non-hydrogen) atoms. The van der Waals surface area contributed by atoms with Crippen molar-refractivity contribution in [3.05, 3.63) is 0 Å². The Labute approximate surface area is 87.4 Å². The zero-order valence-corrected chi connectivity index (χ0v) is 9.89. The number of hydrogen-bond acceptors (Lipinski definition) is 2. The first-order valence-corrected chi connectivity index (χ1v) is 5.83. The van der Waals surface area contributed by atoms with Gasteiger partial charge in [0.05, 0.1) is 11.2 Å². The van der Waals surface area contributed by atoms with E-state index >= 15 is 0 Å². The molecule has 1 heterocycles. The van der Waals surface area contributed by atoms with E-state index in [-0.39, 0.29) is 11.2 Å². The van der Waals surface area contributed by atoms with Crippen LogP contribution in [-0.2, 0) is 4.74 Å². The molecule has 0 bridgehead atoms. The maximum atomic E-state index is 6.04. The Hall–Kier alpha value is -0.0800. The SMILES string of the molecule is CC1(C)C[C@H](NCC2CC2)C(C)(C)O1. The fourth-order valence-corrected chi connectivity index (χ4v) is 2.51. The van der Waals surface area contributed by atoms with Crippen LogP contribution >= 0.6 is 0 Å². The smallest absolute Gasteiger partial charge is 0.0787 e. The van der Waals surface area contributed by atoms with Crippen LogP contribution in [0.3, 0.4) is 0 Å². The average molecular weight is 197 g/mol. The van der Waals surface area contributed by atoms with E-state index in [0.717, 1.165) is 12.3 Å². The Morgan fingerprint density at radius 3 is 2.29 bits per heavy atom. The summed E-state index contributed by atoms with van der Waals surface area (Å²) in [5, 5.41) is 3.66. The lowest BCUT2D eigenvalue weighted by molar-refractivity contribution is -0.0698. The first-order chi connectivity index (χ1) is 6.39. The molecule has 2 heteroatoms. The van der Waals surface area contributed by atoms with Gasteiger partial charge in [-0.2, -0.15) is 0 Å². The zero-order valence-electron chi connectivity index (χ0n) is 9.89. The molecule has 1 saturated carbocycles. The Kier molecular flexibility index (Phi) is 2.39. The first-order valence-electron chi connectivity index (χ1n) is 5.83. The summed E-state index contributed by atoms with van der Waals surface area (Å²) in [6.45, 7) is 9.97. The van der Waals surface area contributed by atoms with E-state index in [4.69, 9.17) is 4.74 Å². The molecule has 0 aromatic heterocycles. The second kappa shape index (κ2) is 3.21. The number of nitrogens with one attached hydrogen (secondary N) is 1. The summed E-state index contributed by atoms with van der Waals surface area (Å²) in [7, 11) is 0. The zero-order chi connectivity index (χ0) is 10.4. The Bertz CT molecular complexity index is 218. The molecule has 2 rings (SSSR count). The quantitative estimate of drug-likeness (QED) is 0.750. The molecule has 1 aliphatic heterocycles. The maximum absolute atomic E-state index is 6.04. The van der Waals surface area contributed by atoms with Crippen molar-refractivity contribution < 1.29 is 4.74 Å². The van der Waals surface area contributed by atoms with Crippen LogP contribution in [0.2, 0.25) is 0 Å². The standard InChI is InChI=1S/C12H23NO/c1-11(2)7-10(12(3,4)14-11)13-8-9-5-6-9/h9-10,13H,5-8H2,1-4H3/t10-/m0/s1. The van der Waals surface area contributed by atoms with Gasteiger partial charge in [0.25, 0.3) is 0 Å². The third kappa shape index (κ3) is 2.29. The minimum Gasteiger partial charge on any atom is -0.368 e. The maximum Gasteiger partial charge on any atom is 0.0787 e. The Morgan fingerprint density at radius 1 is 1.21 bits per heavy atom. The lowest BCUT2D eigenvalue weighted by Crippen LogP contribution is -2.44. The molecular weight excluding hydrogens is 174 g/mol. The van der Waals surface area contributed by atoms with Crippen molar-refractivity contribution in [2.45, 2.75) is 64.2 Å².